The fourth-order valence-electron chi connectivity index (χ4n) is 3.69. The van der Waals surface area contributed by atoms with Gasteiger partial charge in [0, 0.05) is 18.8 Å². The normalized spacial score (nSPS) is 23.2. The highest BCUT2D eigenvalue weighted by Crippen LogP contribution is 2.34. The summed E-state index contributed by atoms with van der Waals surface area (Å²) in [6.45, 7) is 4.02. The average molecular weight is 353 g/mol. The second-order valence-electron chi connectivity index (χ2n) is 7.85. The van der Waals surface area contributed by atoms with Crippen molar-refractivity contribution in [1.82, 2.24) is 0 Å². The van der Waals surface area contributed by atoms with E-state index < -0.39 is 11.6 Å². The minimum absolute atomic E-state index is 0.122. The van der Waals surface area contributed by atoms with Crippen LogP contribution in [0, 0.1) is 11.8 Å². The molecule has 4 nitrogen and oxygen atoms in total. The fraction of sp³-hybridized carbons (Fsp3) is 0.810. The molecule has 144 valence electrons. The molecule has 1 unspecified atom stereocenters. The van der Waals surface area contributed by atoms with Crippen molar-refractivity contribution in [3.8, 4) is 0 Å². The second kappa shape index (κ2) is 11.5. The van der Waals surface area contributed by atoms with Crippen molar-refractivity contribution in [3.63, 3.8) is 0 Å². The number of carboxylic acids is 1. The van der Waals surface area contributed by atoms with Gasteiger partial charge >= 0.3 is 5.97 Å². The topological polar surface area (TPSA) is 74.6 Å². The van der Waals surface area contributed by atoms with E-state index in [0.717, 1.165) is 57.8 Å². The molecule has 2 N–H and O–H groups in total. The highest BCUT2D eigenvalue weighted by atomic mass is 16.4. The third-order valence-electron chi connectivity index (χ3n) is 5.32. The van der Waals surface area contributed by atoms with E-state index in [2.05, 4.69) is 19.1 Å². The predicted molar refractivity (Wildman–Crippen MR) is 100 cm³/mol. The van der Waals surface area contributed by atoms with E-state index in [4.69, 9.17) is 5.11 Å². The Hall–Kier alpha value is -1.16. The minimum Gasteiger partial charge on any atom is -0.481 e. The summed E-state index contributed by atoms with van der Waals surface area (Å²) in [5.41, 5.74) is -0.644. The van der Waals surface area contributed by atoms with Gasteiger partial charge in [-0.15, -0.1) is 0 Å². The molecule has 0 amide bonds. The van der Waals surface area contributed by atoms with E-state index in [1.165, 1.54) is 0 Å². The lowest BCUT2D eigenvalue weighted by Crippen LogP contribution is -2.22. The maximum atomic E-state index is 12.1. The lowest BCUT2D eigenvalue weighted by molar-refractivity contribution is -0.137. The number of aliphatic carboxylic acids is 1. The Labute approximate surface area is 152 Å². The molecular formula is C21H36O4. The molecule has 0 aliphatic heterocycles. The van der Waals surface area contributed by atoms with Crippen LogP contribution >= 0.6 is 0 Å². The largest absolute Gasteiger partial charge is 0.481 e. The fourth-order valence-corrected chi connectivity index (χ4v) is 3.69. The van der Waals surface area contributed by atoms with Crippen LogP contribution in [-0.4, -0.2) is 27.6 Å². The van der Waals surface area contributed by atoms with Gasteiger partial charge < -0.3 is 10.2 Å². The number of aliphatic hydroxyl groups is 1. The standard InChI is InChI=1S/C21H36O4/c1-3-4-15-21(2,25)16-9-10-17-13-14-19(22)18(17)11-7-5-6-8-12-20(23)24/h9-10,17-18,25H,3-8,11-16H2,1-2H3,(H,23,24)/t17-,18+,21?/m0/s1. The maximum Gasteiger partial charge on any atom is 0.303 e. The van der Waals surface area contributed by atoms with Crippen molar-refractivity contribution >= 4 is 11.8 Å². The van der Waals surface area contributed by atoms with Gasteiger partial charge in [-0.05, 0) is 44.9 Å². The van der Waals surface area contributed by atoms with E-state index in [1.807, 2.05) is 6.92 Å². The number of rotatable bonds is 13. The summed E-state index contributed by atoms with van der Waals surface area (Å²) in [6, 6.07) is 0. The molecular weight excluding hydrogens is 316 g/mol. The van der Waals surface area contributed by atoms with Crippen LogP contribution in [0.1, 0.15) is 90.9 Å². The number of carbonyl (C=O) groups is 2. The van der Waals surface area contributed by atoms with E-state index in [9.17, 15) is 14.7 Å². The molecule has 0 aromatic heterocycles. The number of ketones is 1. The number of allylic oxidation sites excluding steroid dienone is 1. The van der Waals surface area contributed by atoms with Gasteiger partial charge in [0.15, 0.2) is 0 Å². The number of hydrogen-bond donors (Lipinski definition) is 2. The molecule has 1 fully saturated rings. The number of carboxylic acid groups (broad SMARTS) is 1. The third kappa shape index (κ3) is 9.20. The van der Waals surface area contributed by atoms with Crippen LogP contribution in [0.3, 0.4) is 0 Å². The average Bonchev–Trinajstić information content (AvgIpc) is 2.89. The van der Waals surface area contributed by atoms with E-state index in [1.54, 1.807) is 0 Å². The Balaban J connectivity index is 2.34. The summed E-state index contributed by atoms with van der Waals surface area (Å²) >= 11 is 0. The molecule has 0 aromatic carbocycles. The first kappa shape index (κ1) is 21.9. The van der Waals surface area contributed by atoms with Crippen LogP contribution in [0.5, 0.6) is 0 Å². The number of unbranched alkanes of at least 4 members (excludes halogenated alkanes) is 4. The molecule has 1 aliphatic rings. The zero-order valence-corrected chi connectivity index (χ0v) is 16.0. The van der Waals surface area contributed by atoms with Crippen molar-refractivity contribution in [2.24, 2.45) is 11.8 Å². The van der Waals surface area contributed by atoms with Crippen molar-refractivity contribution in [2.45, 2.75) is 96.5 Å². The van der Waals surface area contributed by atoms with Gasteiger partial charge in [0.2, 0.25) is 0 Å². The zero-order chi connectivity index (χ0) is 18.7. The summed E-state index contributed by atoms with van der Waals surface area (Å²) in [5.74, 6) is 0.0775. The van der Waals surface area contributed by atoms with Crippen molar-refractivity contribution in [2.75, 3.05) is 0 Å². The molecule has 1 aliphatic carbocycles. The molecule has 4 heteroatoms. The van der Waals surface area contributed by atoms with Crippen LogP contribution < -0.4 is 0 Å². The third-order valence-corrected chi connectivity index (χ3v) is 5.32. The zero-order valence-electron chi connectivity index (χ0n) is 16.0. The van der Waals surface area contributed by atoms with Crippen LogP contribution in [0.25, 0.3) is 0 Å². The number of hydrogen-bond acceptors (Lipinski definition) is 3. The van der Waals surface area contributed by atoms with Crippen molar-refractivity contribution in [3.05, 3.63) is 12.2 Å². The molecule has 3 atom stereocenters. The number of carbonyl (C=O) groups excluding carboxylic acids is 1. The minimum atomic E-state index is -0.731. The monoisotopic (exact) mass is 352 g/mol. The molecule has 0 spiro atoms. The lowest BCUT2D eigenvalue weighted by Gasteiger charge is -2.21. The Kier molecular flexibility index (Phi) is 10.0. The van der Waals surface area contributed by atoms with E-state index >= 15 is 0 Å². The summed E-state index contributed by atoms with van der Waals surface area (Å²) in [4.78, 5) is 22.6. The van der Waals surface area contributed by atoms with Crippen LogP contribution in [0.4, 0.5) is 0 Å². The van der Waals surface area contributed by atoms with Gasteiger partial charge in [-0.25, -0.2) is 0 Å². The SMILES string of the molecule is CCCCC(C)(O)CC=C[C@H]1CCC(=O)[C@@H]1CCCCCCC(=O)O. The van der Waals surface area contributed by atoms with Crippen molar-refractivity contribution in [1.29, 1.82) is 0 Å². The van der Waals surface area contributed by atoms with E-state index in [-0.39, 0.29) is 12.3 Å². The Morgan fingerprint density at radius 1 is 1.24 bits per heavy atom. The molecule has 0 radical (unpaired) electrons. The van der Waals surface area contributed by atoms with E-state index in [0.29, 0.717) is 24.5 Å². The van der Waals surface area contributed by atoms with Gasteiger partial charge in [-0.3, -0.25) is 9.59 Å². The second-order valence-corrected chi connectivity index (χ2v) is 7.85. The summed E-state index contributed by atoms with van der Waals surface area (Å²) in [6.07, 6.45) is 14.2. The molecule has 0 heterocycles. The maximum absolute atomic E-state index is 12.1. The van der Waals surface area contributed by atoms with Crippen molar-refractivity contribution < 1.29 is 19.8 Å². The summed E-state index contributed by atoms with van der Waals surface area (Å²) < 4.78 is 0. The highest BCUT2D eigenvalue weighted by molar-refractivity contribution is 5.83. The Bertz CT molecular complexity index is 439. The van der Waals surface area contributed by atoms with Gasteiger partial charge in [-0.1, -0.05) is 51.2 Å². The van der Waals surface area contributed by atoms with Gasteiger partial charge in [0.1, 0.15) is 5.78 Å². The van der Waals surface area contributed by atoms with Gasteiger partial charge in [0.25, 0.3) is 0 Å². The molecule has 0 saturated heterocycles. The quantitative estimate of drug-likeness (QED) is 0.365. The predicted octanol–water partition coefficient (Wildman–Crippen LogP) is 4.89. The summed E-state index contributed by atoms with van der Waals surface area (Å²) in [5, 5.41) is 19.0. The van der Waals surface area contributed by atoms with Gasteiger partial charge in [-0.2, -0.15) is 0 Å². The molecule has 25 heavy (non-hydrogen) atoms. The Morgan fingerprint density at radius 3 is 2.64 bits per heavy atom. The molecule has 0 aromatic rings. The van der Waals surface area contributed by atoms with Crippen LogP contribution in [-0.2, 0) is 9.59 Å². The molecule has 1 saturated carbocycles. The smallest absolute Gasteiger partial charge is 0.303 e. The Morgan fingerprint density at radius 2 is 1.96 bits per heavy atom. The van der Waals surface area contributed by atoms with Gasteiger partial charge in [0.05, 0.1) is 5.60 Å². The molecule has 1 rings (SSSR count). The van der Waals surface area contributed by atoms with Crippen LogP contribution in [0.15, 0.2) is 12.2 Å². The van der Waals surface area contributed by atoms with Crippen LogP contribution in [0.2, 0.25) is 0 Å². The lowest BCUT2D eigenvalue weighted by atomic mass is 9.88. The highest BCUT2D eigenvalue weighted by Gasteiger charge is 2.32. The first-order chi connectivity index (χ1) is 11.9. The first-order valence-corrected chi connectivity index (χ1v) is 9.99. The molecule has 0 bridgehead atoms. The first-order valence-electron chi connectivity index (χ1n) is 9.99. The number of Topliss-reactive ketones (excluding diaryl/α,β-unsaturated/α-hetero) is 1. The summed E-state index contributed by atoms with van der Waals surface area (Å²) in [7, 11) is 0.